The summed E-state index contributed by atoms with van der Waals surface area (Å²) in [6.07, 6.45) is 1.64. The number of nitrogens with zero attached hydrogens (tertiary/aromatic N) is 4. The molecule has 140 valence electrons. The first-order valence-corrected chi connectivity index (χ1v) is 9.51. The predicted molar refractivity (Wildman–Crippen MR) is 105 cm³/mol. The van der Waals surface area contributed by atoms with Gasteiger partial charge in [-0.3, -0.25) is 4.79 Å². The summed E-state index contributed by atoms with van der Waals surface area (Å²) < 4.78 is 7.48. The summed E-state index contributed by atoms with van der Waals surface area (Å²) in [5, 5.41) is 12.2. The number of carbonyl (C=O) groups excluding carboxylic acids is 1. The topological polar surface area (TPSA) is 81.9 Å². The molecule has 0 spiro atoms. The number of hydrogen-bond acceptors (Lipinski definition) is 6. The van der Waals surface area contributed by atoms with E-state index in [2.05, 4.69) is 20.5 Å². The Morgan fingerprint density at radius 3 is 2.85 bits per heavy atom. The molecule has 0 saturated carbocycles. The summed E-state index contributed by atoms with van der Waals surface area (Å²) >= 11 is 7.37. The van der Waals surface area contributed by atoms with Gasteiger partial charge in [0.1, 0.15) is 18.2 Å². The third kappa shape index (κ3) is 4.99. The van der Waals surface area contributed by atoms with Crippen molar-refractivity contribution in [1.82, 2.24) is 19.7 Å². The average molecular weight is 404 g/mol. The van der Waals surface area contributed by atoms with Crippen molar-refractivity contribution < 1.29 is 9.53 Å². The lowest BCUT2D eigenvalue weighted by Gasteiger charge is -2.08. The number of aryl methyl sites for hydroxylation is 1. The zero-order valence-electron chi connectivity index (χ0n) is 14.8. The highest BCUT2D eigenvalue weighted by Gasteiger charge is 2.13. The van der Waals surface area contributed by atoms with Gasteiger partial charge in [0, 0.05) is 13.2 Å². The van der Waals surface area contributed by atoms with Crippen LogP contribution in [0.1, 0.15) is 11.4 Å². The number of para-hydroxylation sites is 1. The molecule has 7 nitrogen and oxygen atoms in total. The van der Waals surface area contributed by atoms with E-state index >= 15 is 0 Å². The van der Waals surface area contributed by atoms with Crippen molar-refractivity contribution in [1.29, 1.82) is 0 Å². The standard InChI is InChI=1S/C18H18ClN5O2S/c1-12-6-5-9-20-17(12)21-16(25)11-27-18-23-22-15(24(18)2)10-26-14-8-4-3-7-13(14)19/h3-9H,10-11H2,1-2H3,(H,20,21,25). The van der Waals surface area contributed by atoms with Gasteiger partial charge in [-0.15, -0.1) is 10.2 Å². The van der Waals surface area contributed by atoms with Gasteiger partial charge in [-0.2, -0.15) is 0 Å². The number of thioether (sulfide) groups is 1. The minimum atomic E-state index is -0.154. The van der Waals surface area contributed by atoms with E-state index in [1.807, 2.05) is 38.2 Å². The smallest absolute Gasteiger partial charge is 0.236 e. The van der Waals surface area contributed by atoms with Crippen LogP contribution >= 0.6 is 23.4 Å². The summed E-state index contributed by atoms with van der Waals surface area (Å²) in [4.78, 5) is 16.3. The molecule has 0 bridgehead atoms. The molecule has 0 saturated heterocycles. The molecule has 1 amide bonds. The third-order valence-electron chi connectivity index (χ3n) is 3.72. The van der Waals surface area contributed by atoms with Crippen LogP contribution in [0.2, 0.25) is 5.02 Å². The van der Waals surface area contributed by atoms with E-state index in [9.17, 15) is 4.79 Å². The number of benzene rings is 1. The molecule has 2 heterocycles. The number of anilines is 1. The van der Waals surface area contributed by atoms with Gasteiger partial charge in [0.15, 0.2) is 11.0 Å². The largest absolute Gasteiger partial charge is 0.484 e. The molecule has 3 rings (SSSR count). The van der Waals surface area contributed by atoms with Crippen molar-refractivity contribution in [2.24, 2.45) is 7.05 Å². The summed E-state index contributed by atoms with van der Waals surface area (Å²) in [7, 11) is 1.83. The van der Waals surface area contributed by atoms with E-state index in [1.165, 1.54) is 11.8 Å². The number of hydrogen-bond donors (Lipinski definition) is 1. The Morgan fingerprint density at radius 1 is 1.26 bits per heavy atom. The Balaban J connectivity index is 1.55. The van der Waals surface area contributed by atoms with E-state index in [4.69, 9.17) is 16.3 Å². The van der Waals surface area contributed by atoms with Crippen LogP contribution in [0.4, 0.5) is 5.82 Å². The van der Waals surface area contributed by atoms with Gasteiger partial charge in [0.25, 0.3) is 0 Å². The van der Waals surface area contributed by atoms with Crippen LogP contribution in [0.25, 0.3) is 0 Å². The fourth-order valence-corrected chi connectivity index (χ4v) is 3.14. The molecular weight excluding hydrogens is 386 g/mol. The highest BCUT2D eigenvalue weighted by atomic mass is 35.5. The first kappa shape index (κ1) is 19.2. The van der Waals surface area contributed by atoms with Crippen molar-refractivity contribution >= 4 is 35.1 Å². The number of pyridine rings is 1. The normalized spacial score (nSPS) is 10.6. The lowest BCUT2D eigenvalue weighted by atomic mass is 10.3. The second-order valence-electron chi connectivity index (χ2n) is 5.68. The monoisotopic (exact) mass is 403 g/mol. The van der Waals surface area contributed by atoms with Crippen molar-refractivity contribution in [2.45, 2.75) is 18.7 Å². The molecule has 1 N–H and O–H groups in total. The van der Waals surface area contributed by atoms with E-state index in [-0.39, 0.29) is 18.3 Å². The van der Waals surface area contributed by atoms with Crippen molar-refractivity contribution in [3.63, 3.8) is 0 Å². The zero-order valence-corrected chi connectivity index (χ0v) is 16.4. The Bertz CT molecular complexity index is 947. The predicted octanol–water partition coefficient (Wildman–Crippen LogP) is 3.48. The number of aromatic nitrogens is 4. The van der Waals surface area contributed by atoms with E-state index < -0.39 is 0 Å². The van der Waals surface area contributed by atoms with Crippen LogP contribution in [0.15, 0.2) is 47.8 Å². The lowest BCUT2D eigenvalue weighted by Crippen LogP contribution is -2.16. The summed E-state index contributed by atoms with van der Waals surface area (Å²) in [6, 6.07) is 11.0. The van der Waals surface area contributed by atoms with Crippen molar-refractivity contribution in [2.75, 3.05) is 11.1 Å². The number of halogens is 1. The first-order valence-electron chi connectivity index (χ1n) is 8.14. The second kappa shape index (κ2) is 8.88. The molecule has 2 aromatic heterocycles. The first-order chi connectivity index (χ1) is 13.0. The molecule has 0 unspecified atom stereocenters. The van der Waals surface area contributed by atoms with Crippen LogP contribution < -0.4 is 10.1 Å². The quantitative estimate of drug-likeness (QED) is 0.608. The maximum absolute atomic E-state index is 12.1. The maximum atomic E-state index is 12.1. The van der Waals surface area contributed by atoms with E-state index in [0.29, 0.717) is 27.6 Å². The molecule has 1 aromatic carbocycles. The number of ether oxygens (including phenoxy) is 1. The number of nitrogens with one attached hydrogen (secondary N) is 1. The maximum Gasteiger partial charge on any atom is 0.236 e. The van der Waals surface area contributed by atoms with Gasteiger partial charge in [-0.05, 0) is 30.7 Å². The van der Waals surface area contributed by atoms with Crippen LogP contribution in [0.3, 0.4) is 0 Å². The minimum Gasteiger partial charge on any atom is -0.484 e. The summed E-state index contributed by atoms with van der Waals surface area (Å²) in [5.41, 5.74) is 0.911. The SMILES string of the molecule is Cc1cccnc1NC(=O)CSc1nnc(COc2ccccc2Cl)n1C. The van der Waals surface area contributed by atoms with Gasteiger partial charge in [0.2, 0.25) is 5.91 Å². The molecule has 0 radical (unpaired) electrons. The summed E-state index contributed by atoms with van der Waals surface area (Å²) in [6.45, 7) is 2.12. The highest BCUT2D eigenvalue weighted by Crippen LogP contribution is 2.24. The summed E-state index contributed by atoms with van der Waals surface area (Å²) in [5.74, 6) is 1.83. The fourth-order valence-electron chi connectivity index (χ4n) is 2.22. The Kier molecular flexibility index (Phi) is 6.31. The average Bonchev–Trinajstić information content (AvgIpc) is 3.01. The molecule has 3 aromatic rings. The molecular formula is C18H18ClN5O2S. The van der Waals surface area contributed by atoms with Crippen LogP contribution in [0.5, 0.6) is 5.75 Å². The van der Waals surface area contributed by atoms with E-state index in [1.54, 1.807) is 22.9 Å². The van der Waals surface area contributed by atoms with Crippen LogP contribution in [-0.2, 0) is 18.4 Å². The van der Waals surface area contributed by atoms with E-state index in [0.717, 1.165) is 5.56 Å². The second-order valence-corrected chi connectivity index (χ2v) is 7.03. The van der Waals surface area contributed by atoms with Gasteiger partial charge >= 0.3 is 0 Å². The molecule has 0 aliphatic rings. The van der Waals surface area contributed by atoms with Crippen molar-refractivity contribution in [3.05, 3.63) is 59.0 Å². The number of rotatable bonds is 7. The fraction of sp³-hybridized carbons (Fsp3) is 0.222. The minimum absolute atomic E-state index is 0.154. The molecule has 9 heteroatoms. The molecule has 0 aliphatic heterocycles. The van der Waals surface area contributed by atoms with Gasteiger partial charge < -0.3 is 14.6 Å². The van der Waals surface area contributed by atoms with Crippen LogP contribution in [-0.4, -0.2) is 31.4 Å². The third-order valence-corrected chi connectivity index (χ3v) is 5.05. The van der Waals surface area contributed by atoms with Gasteiger partial charge in [-0.1, -0.05) is 41.6 Å². The lowest BCUT2D eigenvalue weighted by molar-refractivity contribution is -0.113. The number of amides is 1. The molecule has 0 fully saturated rings. The van der Waals surface area contributed by atoms with Gasteiger partial charge in [-0.25, -0.2) is 4.98 Å². The number of carbonyl (C=O) groups is 1. The molecule has 0 aliphatic carbocycles. The van der Waals surface area contributed by atoms with Gasteiger partial charge in [0.05, 0.1) is 10.8 Å². The van der Waals surface area contributed by atoms with Crippen molar-refractivity contribution in [3.8, 4) is 5.75 Å². The molecule has 27 heavy (non-hydrogen) atoms. The Labute approximate surface area is 166 Å². The zero-order chi connectivity index (χ0) is 19.2. The molecule has 0 atom stereocenters. The Hall–Kier alpha value is -2.58. The Morgan fingerprint density at radius 2 is 2.07 bits per heavy atom. The highest BCUT2D eigenvalue weighted by molar-refractivity contribution is 7.99. The van der Waals surface area contributed by atoms with Crippen LogP contribution in [0, 0.1) is 6.92 Å².